The molecule has 2 aliphatic rings. The molecule has 0 saturated heterocycles. The Balaban J connectivity index is 1.55. The highest BCUT2D eigenvalue weighted by molar-refractivity contribution is 5.76. The van der Waals surface area contributed by atoms with Gasteiger partial charge in [0.05, 0.1) is 0 Å². The molecule has 0 heterocycles. The quantitative estimate of drug-likeness (QED) is 0.687. The lowest BCUT2D eigenvalue weighted by Crippen LogP contribution is -2.31. The van der Waals surface area contributed by atoms with Crippen LogP contribution < -0.4 is 5.32 Å². The molecule has 0 aromatic heterocycles. The van der Waals surface area contributed by atoms with Gasteiger partial charge in [-0.15, -0.1) is 0 Å². The van der Waals surface area contributed by atoms with E-state index in [1.165, 1.54) is 25.7 Å². The summed E-state index contributed by atoms with van der Waals surface area (Å²) in [6.07, 6.45) is 5.90. The highest BCUT2D eigenvalue weighted by Gasteiger charge is 2.25. The molecule has 0 radical (unpaired) electrons. The molecule has 14 heavy (non-hydrogen) atoms. The van der Waals surface area contributed by atoms with Crippen LogP contribution in [0.15, 0.2) is 0 Å². The van der Waals surface area contributed by atoms with Gasteiger partial charge in [0.2, 0.25) is 5.91 Å². The van der Waals surface area contributed by atoms with Crippen LogP contribution in [0.1, 0.15) is 32.1 Å². The van der Waals surface area contributed by atoms with Gasteiger partial charge in [0, 0.05) is 32.6 Å². The predicted molar refractivity (Wildman–Crippen MR) is 56.0 cm³/mol. The van der Waals surface area contributed by atoms with Gasteiger partial charge in [-0.1, -0.05) is 0 Å². The Bertz CT molecular complexity index is 209. The van der Waals surface area contributed by atoms with Crippen LogP contribution in [-0.2, 0) is 4.79 Å². The van der Waals surface area contributed by atoms with Gasteiger partial charge in [-0.2, -0.15) is 0 Å². The van der Waals surface area contributed by atoms with Gasteiger partial charge in [0.15, 0.2) is 0 Å². The lowest BCUT2D eigenvalue weighted by atomic mass is 10.3. The number of hydrogen-bond donors (Lipinski definition) is 1. The second-order valence-corrected chi connectivity index (χ2v) is 4.70. The van der Waals surface area contributed by atoms with Crippen molar-refractivity contribution >= 4 is 5.91 Å². The summed E-state index contributed by atoms with van der Waals surface area (Å²) < 4.78 is 0. The third-order valence-electron chi connectivity index (χ3n) is 3.00. The summed E-state index contributed by atoms with van der Waals surface area (Å²) in [5.41, 5.74) is 0. The Labute approximate surface area is 85.8 Å². The van der Waals surface area contributed by atoms with E-state index in [2.05, 4.69) is 5.32 Å². The zero-order chi connectivity index (χ0) is 9.97. The van der Waals surface area contributed by atoms with E-state index >= 15 is 0 Å². The van der Waals surface area contributed by atoms with Crippen LogP contribution >= 0.6 is 0 Å². The molecule has 2 saturated carbocycles. The number of nitrogens with zero attached hydrogens (tertiary/aromatic N) is 1. The fraction of sp³-hybridized carbons (Fsp3) is 0.909. The van der Waals surface area contributed by atoms with Gasteiger partial charge in [0.1, 0.15) is 0 Å². The van der Waals surface area contributed by atoms with E-state index in [0.717, 1.165) is 25.0 Å². The maximum atomic E-state index is 11.6. The summed E-state index contributed by atoms with van der Waals surface area (Å²) in [6, 6.07) is 0.719. The smallest absolute Gasteiger partial charge is 0.223 e. The Kier molecular flexibility index (Phi) is 3.06. The normalized spacial score (nSPS) is 20.9. The lowest BCUT2D eigenvalue weighted by molar-refractivity contribution is -0.130. The minimum atomic E-state index is 0.296. The molecule has 0 aromatic rings. The Morgan fingerprint density at radius 2 is 2.07 bits per heavy atom. The number of rotatable bonds is 6. The average molecular weight is 196 g/mol. The van der Waals surface area contributed by atoms with Crippen molar-refractivity contribution in [2.75, 3.05) is 20.1 Å². The molecular formula is C11H20N2O. The van der Waals surface area contributed by atoms with Gasteiger partial charge in [0.25, 0.3) is 0 Å². The van der Waals surface area contributed by atoms with E-state index in [1.807, 2.05) is 11.9 Å². The maximum absolute atomic E-state index is 11.6. The molecule has 0 unspecified atom stereocenters. The van der Waals surface area contributed by atoms with Crippen molar-refractivity contribution in [3.05, 3.63) is 0 Å². The van der Waals surface area contributed by atoms with E-state index < -0.39 is 0 Å². The highest BCUT2D eigenvalue weighted by atomic mass is 16.2. The third kappa shape index (κ3) is 3.29. The van der Waals surface area contributed by atoms with Gasteiger partial charge in [-0.3, -0.25) is 4.79 Å². The molecule has 0 aliphatic heterocycles. The minimum Gasteiger partial charge on any atom is -0.345 e. The molecule has 0 aromatic carbocycles. The topological polar surface area (TPSA) is 32.3 Å². The number of hydrogen-bond acceptors (Lipinski definition) is 2. The first-order chi connectivity index (χ1) is 6.75. The third-order valence-corrected chi connectivity index (χ3v) is 3.00. The van der Waals surface area contributed by atoms with E-state index in [1.54, 1.807) is 0 Å². The van der Waals surface area contributed by atoms with Crippen LogP contribution in [0.4, 0.5) is 0 Å². The molecule has 2 fully saturated rings. The number of nitrogens with one attached hydrogen (secondary N) is 1. The van der Waals surface area contributed by atoms with Crippen LogP contribution in [0.2, 0.25) is 0 Å². The molecule has 0 spiro atoms. The number of carbonyl (C=O) groups is 1. The van der Waals surface area contributed by atoms with Crippen LogP contribution in [0.25, 0.3) is 0 Å². The molecule has 2 rings (SSSR count). The standard InChI is InChI=1S/C11H20N2O/c1-13(8-9-2-3-9)11(14)6-7-12-10-4-5-10/h9-10,12H,2-8H2,1H3. The van der Waals surface area contributed by atoms with Gasteiger partial charge < -0.3 is 10.2 Å². The summed E-state index contributed by atoms with van der Waals surface area (Å²) >= 11 is 0. The monoisotopic (exact) mass is 196 g/mol. The summed E-state index contributed by atoms with van der Waals surface area (Å²) in [6.45, 7) is 1.83. The molecule has 1 amide bonds. The van der Waals surface area contributed by atoms with Crippen LogP contribution in [-0.4, -0.2) is 37.0 Å². The van der Waals surface area contributed by atoms with Crippen LogP contribution in [0.3, 0.4) is 0 Å². The molecule has 3 heteroatoms. The SMILES string of the molecule is CN(CC1CC1)C(=O)CCNC1CC1. The van der Waals surface area contributed by atoms with Crippen molar-refractivity contribution in [2.24, 2.45) is 5.92 Å². The summed E-state index contributed by atoms with van der Waals surface area (Å²) in [7, 11) is 1.93. The summed E-state index contributed by atoms with van der Waals surface area (Å²) in [4.78, 5) is 13.5. The van der Waals surface area contributed by atoms with Crippen molar-refractivity contribution in [1.29, 1.82) is 0 Å². The van der Waals surface area contributed by atoms with Crippen LogP contribution in [0, 0.1) is 5.92 Å². The predicted octanol–water partition coefficient (Wildman–Crippen LogP) is 0.997. The molecule has 3 nitrogen and oxygen atoms in total. The fourth-order valence-corrected chi connectivity index (χ4v) is 1.65. The first kappa shape index (κ1) is 9.97. The zero-order valence-corrected chi connectivity index (χ0v) is 8.96. The molecule has 80 valence electrons. The van der Waals surface area contributed by atoms with E-state index in [0.29, 0.717) is 12.3 Å². The molecule has 1 N–H and O–H groups in total. The lowest BCUT2D eigenvalue weighted by Gasteiger charge is -2.16. The fourth-order valence-electron chi connectivity index (χ4n) is 1.65. The van der Waals surface area contributed by atoms with Crippen molar-refractivity contribution in [3.63, 3.8) is 0 Å². The Hall–Kier alpha value is -0.570. The number of carbonyl (C=O) groups excluding carboxylic acids is 1. The minimum absolute atomic E-state index is 0.296. The van der Waals surface area contributed by atoms with Crippen molar-refractivity contribution in [2.45, 2.75) is 38.1 Å². The average Bonchev–Trinajstić information content (AvgIpc) is 2.97. The van der Waals surface area contributed by atoms with Crippen molar-refractivity contribution in [1.82, 2.24) is 10.2 Å². The highest BCUT2D eigenvalue weighted by Crippen LogP contribution is 2.29. The van der Waals surface area contributed by atoms with E-state index in [4.69, 9.17) is 0 Å². The second-order valence-electron chi connectivity index (χ2n) is 4.70. The molecule has 0 bridgehead atoms. The van der Waals surface area contributed by atoms with E-state index in [9.17, 15) is 4.79 Å². The Morgan fingerprint density at radius 1 is 1.36 bits per heavy atom. The maximum Gasteiger partial charge on any atom is 0.223 e. The summed E-state index contributed by atoms with van der Waals surface area (Å²) in [5.74, 6) is 1.10. The largest absolute Gasteiger partial charge is 0.345 e. The first-order valence-corrected chi connectivity index (χ1v) is 5.73. The molecule has 2 aliphatic carbocycles. The van der Waals surface area contributed by atoms with Gasteiger partial charge in [-0.25, -0.2) is 0 Å². The summed E-state index contributed by atoms with van der Waals surface area (Å²) in [5, 5.41) is 3.36. The zero-order valence-electron chi connectivity index (χ0n) is 8.96. The molecule has 0 atom stereocenters. The van der Waals surface area contributed by atoms with Crippen LogP contribution in [0.5, 0.6) is 0 Å². The van der Waals surface area contributed by atoms with Crippen molar-refractivity contribution in [3.8, 4) is 0 Å². The number of amides is 1. The Morgan fingerprint density at radius 3 is 2.64 bits per heavy atom. The van der Waals surface area contributed by atoms with Gasteiger partial charge >= 0.3 is 0 Å². The van der Waals surface area contributed by atoms with E-state index in [-0.39, 0.29) is 0 Å². The van der Waals surface area contributed by atoms with Crippen molar-refractivity contribution < 1.29 is 4.79 Å². The second kappa shape index (κ2) is 4.30. The molecular weight excluding hydrogens is 176 g/mol. The van der Waals surface area contributed by atoms with Gasteiger partial charge in [-0.05, 0) is 31.6 Å². The first-order valence-electron chi connectivity index (χ1n) is 5.73.